The van der Waals surface area contributed by atoms with Crippen molar-refractivity contribution in [1.82, 2.24) is 0 Å². The maximum Gasteiger partial charge on any atom is 0.175 e. The molecule has 2 rings (SSSR count). The topological polar surface area (TPSA) is 44.3 Å². The lowest BCUT2D eigenvalue weighted by atomic mass is 10.3. The van der Waals surface area contributed by atoms with E-state index in [0.717, 1.165) is 5.69 Å². The number of aromatic hydroxyl groups is 1. The van der Waals surface area contributed by atoms with Crippen molar-refractivity contribution in [2.45, 2.75) is 0 Å². The molecule has 0 aromatic heterocycles. The summed E-state index contributed by atoms with van der Waals surface area (Å²) in [4.78, 5) is 0. The largest absolute Gasteiger partial charge is 0.506 e. The molecular formula is C13H10Cl2N2OS. The minimum atomic E-state index is 0.0313. The number of hydrogen-bond acceptors (Lipinski definition) is 2. The first kappa shape index (κ1) is 13.9. The minimum absolute atomic E-state index is 0.0313. The first-order chi connectivity index (χ1) is 9.04. The van der Waals surface area contributed by atoms with Crippen LogP contribution < -0.4 is 10.6 Å². The first-order valence-electron chi connectivity index (χ1n) is 5.37. The summed E-state index contributed by atoms with van der Waals surface area (Å²) >= 11 is 16.8. The van der Waals surface area contributed by atoms with Crippen molar-refractivity contribution >= 4 is 51.9 Å². The number of hydrogen-bond donors (Lipinski definition) is 3. The highest BCUT2D eigenvalue weighted by atomic mass is 35.5. The lowest BCUT2D eigenvalue weighted by molar-refractivity contribution is 0.475. The molecule has 0 amide bonds. The Morgan fingerprint density at radius 1 is 0.947 bits per heavy atom. The molecule has 0 saturated carbocycles. The second-order valence-corrected chi connectivity index (χ2v) is 5.00. The van der Waals surface area contributed by atoms with Crippen LogP contribution >= 0.6 is 35.4 Å². The van der Waals surface area contributed by atoms with E-state index in [9.17, 15) is 5.11 Å². The summed E-state index contributed by atoms with van der Waals surface area (Å²) in [5, 5.41) is 16.6. The monoisotopic (exact) mass is 312 g/mol. The molecule has 0 spiro atoms. The van der Waals surface area contributed by atoms with Crippen LogP contribution in [0.25, 0.3) is 0 Å². The lowest BCUT2D eigenvalue weighted by Crippen LogP contribution is -2.18. The van der Waals surface area contributed by atoms with Crippen molar-refractivity contribution in [3.05, 3.63) is 52.5 Å². The van der Waals surface area contributed by atoms with E-state index in [1.807, 2.05) is 12.1 Å². The normalized spacial score (nSPS) is 10.0. The van der Waals surface area contributed by atoms with E-state index >= 15 is 0 Å². The average Bonchev–Trinajstić information content (AvgIpc) is 2.37. The van der Waals surface area contributed by atoms with Crippen molar-refractivity contribution < 1.29 is 5.11 Å². The highest BCUT2D eigenvalue weighted by Gasteiger charge is 2.02. The lowest BCUT2D eigenvalue weighted by Gasteiger charge is -2.11. The number of thiocarbonyl (C=S) groups is 1. The molecule has 0 aliphatic heterocycles. The summed E-state index contributed by atoms with van der Waals surface area (Å²) in [6.07, 6.45) is 0. The van der Waals surface area contributed by atoms with Gasteiger partial charge in [-0.15, -0.1) is 0 Å². The highest BCUT2D eigenvalue weighted by molar-refractivity contribution is 7.80. The zero-order chi connectivity index (χ0) is 13.8. The minimum Gasteiger partial charge on any atom is -0.506 e. The molecule has 3 nitrogen and oxygen atoms in total. The molecule has 98 valence electrons. The smallest absolute Gasteiger partial charge is 0.175 e. The summed E-state index contributed by atoms with van der Waals surface area (Å²) in [6.45, 7) is 0. The Morgan fingerprint density at radius 2 is 1.53 bits per heavy atom. The maximum atomic E-state index is 9.32. The number of anilines is 2. The molecule has 0 bridgehead atoms. The van der Waals surface area contributed by atoms with E-state index in [-0.39, 0.29) is 10.8 Å². The Balaban J connectivity index is 2.01. The van der Waals surface area contributed by atoms with Crippen LogP contribution in [0.1, 0.15) is 0 Å². The molecule has 0 heterocycles. The van der Waals surface area contributed by atoms with Gasteiger partial charge in [-0.25, -0.2) is 0 Å². The van der Waals surface area contributed by atoms with Gasteiger partial charge >= 0.3 is 0 Å². The van der Waals surface area contributed by atoms with Gasteiger partial charge in [0.25, 0.3) is 0 Å². The Labute approximate surface area is 126 Å². The summed E-state index contributed by atoms with van der Waals surface area (Å²) in [5.74, 6) is 0.0313. The Bertz CT molecular complexity index is 602. The quantitative estimate of drug-likeness (QED) is 0.564. The fourth-order valence-electron chi connectivity index (χ4n) is 1.41. The van der Waals surface area contributed by atoms with Gasteiger partial charge < -0.3 is 15.7 Å². The van der Waals surface area contributed by atoms with Gasteiger partial charge in [0.15, 0.2) is 5.11 Å². The van der Waals surface area contributed by atoms with E-state index < -0.39 is 0 Å². The van der Waals surface area contributed by atoms with Crippen molar-refractivity contribution in [2.75, 3.05) is 10.6 Å². The second kappa shape index (κ2) is 6.10. The molecule has 0 saturated heterocycles. The summed E-state index contributed by atoms with van der Waals surface area (Å²) < 4.78 is 0. The summed E-state index contributed by atoms with van der Waals surface area (Å²) in [7, 11) is 0. The second-order valence-electron chi connectivity index (χ2n) is 3.75. The van der Waals surface area contributed by atoms with E-state index in [1.165, 1.54) is 6.07 Å². The molecule has 19 heavy (non-hydrogen) atoms. The predicted octanol–water partition coefficient (Wildman–Crippen LogP) is 4.51. The van der Waals surface area contributed by atoms with Crippen LogP contribution in [-0.4, -0.2) is 10.2 Å². The standard InChI is InChI=1S/C13H10Cl2N2OS/c14-8-1-3-9(4-2-8)16-13(19)17-10-5-6-12(18)11(15)7-10/h1-7,18H,(H2,16,17,19). The number of phenolic OH excluding ortho intramolecular Hbond substituents is 1. The molecule has 0 aliphatic rings. The zero-order valence-electron chi connectivity index (χ0n) is 9.65. The Kier molecular flexibility index (Phi) is 4.47. The third-order valence-electron chi connectivity index (χ3n) is 2.31. The van der Waals surface area contributed by atoms with Crippen molar-refractivity contribution in [2.24, 2.45) is 0 Å². The summed E-state index contributed by atoms with van der Waals surface area (Å²) in [5.41, 5.74) is 1.51. The van der Waals surface area contributed by atoms with E-state index in [4.69, 9.17) is 35.4 Å². The van der Waals surface area contributed by atoms with Gasteiger partial charge in [0.2, 0.25) is 0 Å². The molecule has 2 aromatic carbocycles. The van der Waals surface area contributed by atoms with Gasteiger partial charge in [-0.3, -0.25) is 0 Å². The van der Waals surface area contributed by atoms with Crippen LogP contribution in [0.2, 0.25) is 10.0 Å². The van der Waals surface area contributed by atoms with Crippen LogP contribution in [-0.2, 0) is 0 Å². The SMILES string of the molecule is Oc1ccc(NC(=S)Nc2ccc(Cl)cc2)cc1Cl. The van der Waals surface area contributed by atoms with Crippen LogP contribution in [0.3, 0.4) is 0 Å². The zero-order valence-corrected chi connectivity index (χ0v) is 12.0. The van der Waals surface area contributed by atoms with Gasteiger partial charge in [-0.2, -0.15) is 0 Å². The van der Waals surface area contributed by atoms with Crippen LogP contribution in [0.4, 0.5) is 11.4 Å². The molecular weight excluding hydrogens is 303 g/mol. The Hall–Kier alpha value is -1.49. The molecule has 6 heteroatoms. The average molecular weight is 313 g/mol. The molecule has 2 aromatic rings. The number of benzene rings is 2. The molecule has 0 atom stereocenters. The number of halogens is 2. The third kappa shape index (κ3) is 3.99. The number of phenols is 1. The number of nitrogens with one attached hydrogen (secondary N) is 2. The van der Waals surface area contributed by atoms with Crippen molar-refractivity contribution in [3.63, 3.8) is 0 Å². The van der Waals surface area contributed by atoms with Crippen molar-refractivity contribution in [1.29, 1.82) is 0 Å². The molecule has 0 unspecified atom stereocenters. The Morgan fingerprint density at radius 3 is 2.16 bits per heavy atom. The van der Waals surface area contributed by atoms with Gasteiger partial charge in [-0.05, 0) is 54.7 Å². The number of rotatable bonds is 2. The third-order valence-corrected chi connectivity index (χ3v) is 3.07. The summed E-state index contributed by atoms with van der Waals surface area (Å²) in [6, 6.07) is 11.9. The maximum absolute atomic E-state index is 9.32. The van der Waals surface area contributed by atoms with Crippen LogP contribution in [0.5, 0.6) is 5.75 Å². The van der Waals surface area contributed by atoms with E-state index in [0.29, 0.717) is 15.8 Å². The molecule has 0 fully saturated rings. The predicted molar refractivity (Wildman–Crippen MR) is 84.4 cm³/mol. The van der Waals surface area contributed by atoms with Crippen LogP contribution in [0, 0.1) is 0 Å². The van der Waals surface area contributed by atoms with Gasteiger partial charge in [-0.1, -0.05) is 23.2 Å². The molecule has 0 radical (unpaired) electrons. The van der Waals surface area contributed by atoms with Crippen LogP contribution in [0.15, 0.2) is 42.5 Å². The molecule has 3 N–H and O–H groups in total. The fourth-order valence-corrected chi connectivity index (χ4v) is 1.95. The fraction of sp³-hybridized carbons (Fsp3) is 0. The highest BCUT2D eigenvalue weighted by Crippen LogP contribution is 2.26. The van der Waals surface area contributed by atoms with Gasteiger partial charge in [0.05, 0.1) is 5.02 Å². The van der Waals surface area contributed by atoms with Gasteiger partial charge in [0.1, 0.15) is 5.75 Å². The van der Waals surface area contributed by atoms with E-state index in [1.54, 1.807) is 24.3 Å². The first-order valence-corrected chi connectivity index (χ1v) is 6.53. The van der Waals surface area contributed by atoms with E-state index in [2.05, 4.69) is 10.6 Å². The molecule has 0 aliphatic carbocycles. The van der Waals surface area contributed by atoms with Crippen molar-refractivity contribution in [3.8, 4) is 5.75 Å². The van der Waals surface area contributed by atoms with Gasteiger partial charge in [0, 0.05) is 16.4 Å².